The average Bonchev–Trinajstić information content (AvgIpc) is 2.58. The summed E-state index contributed by atoms with van der Waals surface area (Å²) in [5.41, 5.74) is -0.0910. The maximum atomic E-state index is 13.9. The molecule has 5 nitrogen and oxygen atoms in total. The van der Waals surface area contributed by atoms with Gasteiger partial charge in [-0.2, -0.15) is 0 Å². The third-order valence-corrected chi connectivity index (χ3v) is 4.41. The van der Waals surface area contributed by atoms with Crippen LogP contribution in [0, 0.1) is 15.9 Å². The molecule has 126 valence electrons. The van der Waals surface area contributed by atoms with Gasteiger partial charge in [0, 0.05) is 25.0 Å². The summed E-state index contributed by atoms with van der Waals surface area (Å²) >= 11 is 5.77. The van der Waals surface area contributed by atoms with Gasteiger partial charge >= 0.3 is 0 Å². The summed E-state index contributed by atoms with van der Waals surface area (Å²) in [5, 5.41) is 10.8. The summed E-state index contributed by atoms with van der Waals surface area (Å²) in [6.45, 7) is 0.967. The number of hydrogen-bond donors (Lipinski definition) is 0. The van der Waals surface area contributed by atoms with Crippen LogP contribution in [0.4, 0.5) is 10.1 Å². The molecule has 7 heteroatoms. The highest BCUT2D eigenvalue weighted by Gasteiger charge is 2.37. The van der Waals surface area contributed by atoms with E-state index in [0.29, 0.717) is 37.4 Å². The molecule has 1 fully saturated rings. The Morgan fingerprint density at radius 3 is 2.42 bits per heavy atom. The van der Waals surface area contributed by atoms with Gasteiger partial charge in [0.15, 0.2) is 0 Å². The predicted molar refractivity (Wildman–Crippen MR) is 86.9 cm³/mol. The number of nitrogens with zero attached hydrogens (tertiary/aromatic N) is 1. The van der Waals surface area contributed by atoms with Gasteiger partial charge < -0.3 is 9.47 Å². The van der Waals surface area contributed by atoms with Crippen LogP contribution in [0.3, 0.4) is 0 Å². The summed E-state index contributed by atoms with van der Waals surface area (Å²) in [4.78, 5) is 10.3. The van der Waals surface area contributed by atoms with Crippen molar-refractivity contribution < 1.29 is 18.8 Å². The smallest absolute Gasteiger partial charge is 0.269 e. The molecule has 0 radical (unpaired) electrons. The van der Waals surface area contributed by atoms with E-state index < -0.39 is 16.3 Å². The SMILES string of the molecule is O=[N+]([O-])c1ccc(OC2(c3ccc(Cl)c(F)c3)CCOCC2)cc1. The minimum atomic E-state index is -0.750. The Kier molecular flexibility index (Phi) is 4.69. The molecule has 0 aliphatic carbocycles. The molecule has 0 aromatic heterocycles. The van der Waals surface area contributed by atoms with E-state index in [-0.39, 0.29) is 10.7 Å². The van der Waals surface area contributed by atoms with Crippen LogP contribution < -0.4 is 4.74 Å². The van der Waals surface area contributed by atoms with E-state index in [1.807, 2.05) is 0 Å². The van der Waals surface area contributed by atoms with Crippen molar-refractivity contribution in [3.63, 3.8) is 0 Å². The maximum absolute atomic E-state index is 13.9. The molecule has 0 saturated carbocycles. The van der Waals surface area contributed by atoms with Crippen LogP contribution in [-0.2, 0) is 10.3 Å². The van der Waals surface area contributed by atoms with Gasteiger partial charge in [-0.25, -0.2) is 4.39 Å². The lowest BCUT2D eigenvalue weighted by Gasteiger charge is -2.38. The van der Waals surface area contributed by atoms with Crippen molar-refractivity contribution in [1.29, 1.82) is 0 Å². The highest BCUT2D eigenvalue weighted by molar-refractivity contribution is 6.30. The second kappa shape index (κ2) is 6.75. The molecule has 24 heavy (non-hydrogen) atoms. The number of rotatable bonds is 4. The van der Waals surface area contributed by atoms with Crippen molar-refractivity contribution in [3.8, 4) is 5.75 Å². The van der Waals surface area contributed by atoms with Crippen LogP contribution in [0.1, 0.15) is 18.4 Å². The number of nitro groups is 1. The zero-order chi connectivity index (χ0) is 17.2. The lowest BCUT2D eigenvalue weighted by atomic mass is 9.86. The van der Waals surface area contributed by atoms with E-state index in [1.54, 1.807) is 18.2 Å². The molecular weight excluding hydrogens is 337 g/mol. The zero-order valence-corrected chi connectivity index (χ0v) is 13.5. The predicted octanol–water partition coefficient (Wildman–Crippen LogP) is 4.47. The Bertz CT molecular complexity index is 745. The molecule has 0 spiro atoms. The molecule has 2 aromatic rings. The molecule has 1 saturated heterocycles. The van der Waals surface area contributed by atoms with E-state index in [2.05, 4.69) is 0 Å². The van der Waals surface area contributed by atoms with Crippen LogP contribution >= 0.6 is 11.6 Å². The molecule has 0 atom stereocenters. The normalized spacial score (nSPS) is 16.6. The van der Waals surface area contributed by atoms with E-state index >= 15 is 0 Å². The van der Waals surface area contributed by atoms with Crippen LogP contribution in [0.25, 0.3) is 0 Å². The molecule has 0 amide bonds. The van der Waals surface area contributed by atoms with Crippen molar-refractivity contribution in [1.82, 2.24) is 0 Å². The summed E-state index contributed by atoms with van der Waals surface area (Å²) < 4.78 is 25.4. The molecule has 1 aliphatic heterocycles. The molecule has 1 heterocycles. The van der Waals surface area contributed by atoms with Gasteiger partial charge in [0.1, 0.15) is 17.2 Å². The molecule has 1 aliphatic rings. The van der Waals surface area contributed by atoms with Crippen LogP contribution in [0.5, 0.6) is 5.75 Å². The maximum Gasteiger partial charge on any atom is 0.269 e. The quantitative estimate of drug-likeness (QED) is 0.602. The van der Waals surface area contributed by atoms with Gasteiger partial charge in [0.25, 0.3) is 5.69 Å². The lowest BCUT2D eigenvalue weighted by molar-refractivity contribution is -0.384. The van der Waals surface area contributed by atoms with Crippen LogP contribution in [0.15, 0.2) is 42.5 Å². The minimum absolute atomic E-state index is 0.0130. The Morgan fingerprint density at radius 2 is 1.83 bits per heavy atom. The Hall–Kier alpha value is -2.18. The summed E-state index contributed by atoms with van der Waals surface area (Å²) in [5.74, 6) is -0.0230. The summed E-state index contributed by atoms with van der Waals surface area (Å²) in [7, 11) is 0. The first-order valence-electron chi connectivity index (χ1n) is 7.47. The Labute approximate surface area is 143 Å². The van der Waals surface area contributed by atoms with Crippen molar-refractivity contribution in [2.45, 2.75) is 18.4 Å². The number of halogens is 2. The van der Waals surface area contributed by atoms with Crippen LogP contribution in [-0.4, -0.2) is 18.1 Å². The fourth-order valence-corrected chi connectivity index (χ4v) is 2.91. The zero-order valence-electron chi connectivity index (χ0n) is 12.7. The third-order valence-electron chi connectivity index (χ3n) is 4.11. The number of nitro benzene ring substituents is 1. The second-order valence-electron chi connectivity index (χ2n) is 5.59. The van der Waals surface area contributed by atoms with Gasteiger partial charge in [0.2, 0.25) is 0 Å². The average molecular weight is 352 g/mol. The van der Waals surface area contributed by atoms with E-state index in [1.165, 1.54) is 24.3 Å². The lowest BCUT2D eigenvalue weighted by Crippen LogP contribution is -2.39. The summed E-state index contributed by atoms with van der Waals surface area (Å²) in [6, 6.07) is 10.5. The number of ether oxygens (including phenoxy) is 2. The van der Waals surface area contributed by atoms with E-state index in [0.717, 1.165) is 0 Å². The second-order valence-corrected chi connectivity index (χ2v) is 6.00. The number of non-ortho nitro benzene ring substituents is 1. The molecule has 0 unspecified atom stereocenters. The van der Waals surface area contributed by atoms with Crippen molar-refractivity contribution in [2.24, 2.45) is 0 Å². The summed E-state index contributed by atoms with van der Waals surface area (Å²) in [6.07, 6.45) is 1.09. The topological polar surface area (TPSA) is 61.6 Å². The molecule has 0 bridgehead atoms. The largest absolute Gasteiger partial charge is 0.482 e. The molecule has 2 aromatic carbocycles. The highest BCUT2D eigenvalue weighted by atomic mass is 35.5. The van der Waals surface area contributed by atoms with Gasteiger partial charge in [-0.05, 0) is 29.8 Å². The molecular formula is C17H15ClFNO4. The van der Waals surface area contributed by atoms with E-state index in [4.69, 9.17) is 21.1 Å². The number of benzene rings is 2. The fourth-order valence-electron chi connectivity index (χ4n) is 2.79. The van der Waals surface area contributed by atoms with Gasteiger partial charge in [-0.1, -0.05) is 17.7 Å². The first kappa shape index (κ1) is 16.7. The first-order chi connectivity index (χ1) is 11.5. The minimum Gasteiger partial charge on any atom is -0.482 e. The third kappa shape index (κ3) is 3.34. The standard InChI is InChI=1S/C17H15ClFNO4/c18-15-6-1-12(11-16(15)19)17(7-9-23-10-8-17)24-14-4-2-13(3-5-14)20(21)22/h1-6,11H,7-10H2. The first-order valence-corrected chi connectivity index (χ1v) is 7.85. The number of hydrogen-bond acceptors (Lipinski definition) is 4. The van der Waals surface area contributed by atoms with Crippen molar-refractivity contribution >= 4 is 17.3 Å². The highest BCUT2D eigenvalue weighted by Crippen LogP contribution is 2.38. The monoisotopic (exact) mass is 351 g/mol. The van der Waals surface area contributed by atoms with Crippen molar-refractivity contribution in [2.75, 3.05) is 13.2 Å². The van der Waals surface area contributed by atoms with E-state index in [9.17, 15) is 14.5 Å². The fraction of sp³-hybridized carbons (Fsp3) is 0.294. The van der Waals surface area contributed by atoms with Gasteiger partial charge in [0.05, 0.1) is 23.2 Å². The Balaban J connectivity index is 1.93. The Morgan fingerprint density at radius 1 is 1.17 bits per heavy atom. The molecule has 3 rings (SSSR count). The van der Waals surface area contributed by atoms with Gasteiger partial charge in [-0.15, -0.1) is 0 Å². The van der Waals surface area contributed by atoms with Crippen molar-refractivity contribution in [3.05, 3.63) is 69.0 Å². The van der Waals surface area contributed by atoms with Gasteiger partial charge in [-0.3, -0.25) is 10.1 Å². The molecule has 0 N–H and O–H groups in total. The van der Waals surface area contributed by atoms with Crippen LogP contribution in [0.2, 0.25) is 5.02 Å².